The van der Waals surface area contributed by atoms with Crippen molar-refractivity contribution in [2.75, 3.05) is 24.6 Å². The summed E-state index contributed by atoms with van der Waals surface area (Å²) < 4.78 is 4.93. The van der Waals surface area contributed by atoms with Gasteiger partial charge in [-0.05, 0) is 38.8 Å². The van der Waals surface area contributed by atoms with E-state index in [1.165, 1.54) is 6.92 Å². The number of benzene rings is 1. The molecule has 5 heteroatoms. The lowest BCUT2D eigenvalue weighted by atomic mass is 10.0. The second-order valence-electron chi connectivity index (χ2n) is 4.86. The lowest BCUT2D eigenvalue weighted by molar-refractivity contribution is 0.0523. The quantitative estimate of drug-likeness (QED) is 0.676. The fourth-order valence-corrected chi connectivity index (χ4v) is 2.41. The average molecular weight is 277 g/mol. The highest BCUT2D eigenvalue weighted by Gasteiger charge is 2.22. The van der Waals surface area contributed by atoms with E-state index in [0.29, 0.717) is 0 Å². The summed E-state index contributed by atoms with van der Waals surface area (Å²) in [6.07, 6.45) is 2.18. The molecule has 0 saturated carbocycles. The van der Waals surface area contributed by atoms with Crippen LogP contribution in [0.15, 0.2) is 12.1 Å². The highest BCUT2D eigenvalue weighted by atomic mass is 16.5. The summed E-state index contributed by atoms with van der Waals surface area (Å²) in [4.78, 5) is 25.6. The van der Waals surface area contributed by atoms with Gasteiger partial charge in [-0.2, -0.15) is 0 Å². The zero-order valence-electron chi connectivity index (χ0n) is 11.8. The number of rotatable bonds is 4. The average Bonchev–Trinajstić information content (AvgIpc) is 2.92. The van der Waals surface area contributed by atoms with Crippen molar-refractivity contribution in [2.24, 2.45) is 0 Å². The van der Waals surface area contributed by atoms with Gasteiger partial charge >= 0.3 is 5.97 Å². The van der Waals surface area contributed by atoms with Gasteiger partial charge in [0.05, 0.1) is 12.2 Å². The molecule has 108 valence electrons. The Morgan fingerprint density at radius 2 is 1.85 bits per heavy atom. The monoisotopic (exact) mass is 277 g/mol. The molecule has 20 heavy (non-hydrogen) atoms. The minimum absolute atomic E-state index is 0.0569. The van der Waals surface area contributed by atoms with Gasteiger partial charge in [0.2, 0.25) is 0 Å². The number of aromatic hydroxyl groups is 1. The summed E-state index contributed by atoms with van der Waals surface area (Å²) in [5.41, 5.74) is 1.01. The molecule has 0 spiro atoms. The number of anilines is 1. The Morgan fingerprint density at radius 3 is 2.40 bits per heavy atom. The van der Waals surface area contributed by atoms with Crippen LogP contribution < -0.4 is 4.90 Å². The van der Waals surface area contributed by atoms with Crippen LogP contribution in [0.1, 0.15) is 47.4 Å². The molecular weight excluding hydrogens is 258 g/mol. The molecule has 1 N–H and O–H groups in total. The third kappa shape index (κ3) is 2.76. The fourth-order valence-electron chi connectivity index (χ4n) is 2.41. The van der Waals surface area contributed by atoms with Crippen LogP contribution in [0.5, 0.6) is 5.75 Å². The lowest BCUT2D eigenvalue weighted by Crippen LogP contribution is -2.19. The molecule has 2 rings (SSSR count). The standard InChI is InChI=1S/C15H19NO4/c1-3-20-15(19)13-9-11(16-6-4-5-7-16)8-12(10(2)17)14(13)18/h8-9,18H,3-7H2,1-2H3. The zero-order chi connectivity index (χ0) is 14.7. The molecule has 1 saturated heterocycles. The topological polar surface area (TPSA) is 66.8 Å². The van der Waals surface area contributed by atoms with E-state index >= 15 is 0 Å². The van der Waals surface area contributed by atoms with Gasteiger partial charge in [-0.25, -0.2) is 4.79 Å². The van der Waals surface area contributed by atoms with Crippen molar-refractivity contribution in [3.8, 4) is 5.75 Å². The second-order valence-corrected chi connectivity index (χ2v) is 4.86. The molecule has 0 aliphatic carbocycles. The number of hydrogen-bond donors (Lipinski definition) is 1. The highest BCUT2D eigenvalue weighted by Crippen LogP contribution is 2.31. The lowest BCUT2D eigenvalue weighted by Gasteiger charge is -2.20. The van der Waals surface area contributed by atoms with Gasteiger partial charge in [0.25, 0.3) is 0 Å². The molecule has 1 heterocycles. The number of ketones is 1. The van der Waals surface area contributed by atoms with Crippen molar-refractivity contribution in [1.82, 2.24) is 0 Å². The van der Waals surface area contributed by atoms with Crippen LogP contribution in [0.3, 0.4) is 0 Å². The fraction of sp³-hybridized carbons (Fsp3) is 0.467. The molecule has 0 radical (unpaired) electrons. The maximum Gasteiger partial charge on any atom is 0.342 e. The maximum absolute atomic E-state index is 11.9. The van der Waals surface area contributed by atoms with Gasteiger partial charge in [0.1, 0.15) is 11.3 Å². The predicted octanol–water partition coefficient (Wildman–Crippen LogP) is 2.37. The Hall–Kier alpha value is -2.04. The number of hydrogen-bond acceptors (Lipinski definition) is 5. The number of phenolic OH excluding ortho intramolecular Hbond substituents is 1. The van der Waals surface area contributed by atoms with E-state index in [2.05, 4.69) is 4.90 Å². The summed E-state index contributed by atoms with van der Waals surface area (Å²) in [7, 11) is 0. The summed E-state index contributed by atoms with van der Waals surface area (Å²) in [6.45, 7) is 5.08. The zero-order valence-corrected chi connectivity index (χ0v) is 11.8. The molecule has 1 fully saturated rings. The van der Waals surface area contributed by atoms with E-state index < -0.39 is 5.97 Å². The van der Waals surface area contributed by atoms with Crippen LogP contribution in [-0.4, -0.2) is 36.6 Å². The summed E-state index contributed by atoms with van der Waals surface area (Å²) >= 11 is 0. The number of ether oxygens (including phenoxy) is 1. The van der Waals surface area contributed by atoms with Gasteiger partial charge in [0, 0.05) is 18.8 Å². The van der Waals surface area contributed by atoms with Crippen LogP contribution in [0, 0.1) is 0 Å². The van der Waals surface area contributed by atoms with Gasteiger partial charge in [-0.3, -0.25) is 4.79 Å². The highest BCUT2D eigenvalue weighted by molar-refractivity contribution is 6.03. The number of carbonyl (C=O) groups excluding carboxylic acids is 2. The van der Waals surface area contributed by atoms with Crippen LogP contribution in [0.2, 0.25) is 0 Å². The molecule has 0 unspecified atom stereocenters. The molecule has 0 amide bonds. The molecule has 1 aliphatic heterocycles. The number of nitrogens with zero attached hydrogens (tertiary/aromatic N) is 1. The third-order valence-corrected chi connectivity index (χ3v) is 3.44. The van der Waals surface area contributed by atoms with E-state index in [4.69, 9.17) is 4.74 Å². The SMILES string of the molecule is CCOC(=O)c1cc(N2CCCC2)cc(C(C)=O)c1O. The van der Waals surface area contributed by atoms with Crippen molar-refractivity contribution < 1.29 is 19.4 Å². The minimum atomic E-state index is -0.603. The minimum Gasteiger partial charge on any atom is -0.506 e. The van der Waals surface area contributed by atoms with Crippen molar-refractivity contribution in [2.45, 2.75) is 26.7 Å². The van der Waals surface area contributed by atoms with Crippen LogP contribution in [-0.2, 0) is 4.74 Å². The first kappa shape index (κ1) is 14.4. The van der Waals surface area contributed by atoms with Crippen LogP contribution >= 0.6 is 0 Å². The van der Waals surface area contributed by atoms with Gasteiger partial charge in [-0.15, -0.1) is 0 Å². The van der Waals surface area contributed by atoms with E-state index in [0.717, 1.165) is 31.6 Å². The van der Waals surface area contributed by atoms with Gasteiger partial charge in [-0.1, -0.05) is 0 Å². The van der Waals surface area contributed by atoms with Gasteiger partial charge < -0.3 is 14.7 Å². The van der Waals surface area contributed by atoms with Gasteiger partial charge in [0.15, 0.2) is 5.78 Å². The summed E-state index contributed by atoms with van der Waals surface area (Å²) in [5, 5.41) is 10.1. The first-order chi connectivity index (χ1) is 9.54. The van der Waals surface area contributed by atoms with E-state index in [-0.39, 0.29) is 29.3 Å². The van der Waals surface area contributed by atoms with Crippen molar-refractivity contribution in [3.05, 3.63) is 23.3 Å². The third-order valence-electron chi connectivity index (χ3n) is 3.44. The summed E-state index contributed by atoms with van der Waals surface area (Å²) in [6, 6.07) is 3.25. The smallest absolute Gasteiger partial charge is 0.342 e. The van der Waals surface area contributed by atoms with Crippen molar-refractivity contribution in [3.63, 3.8) is 0 Å². The van der Waals surface area contributed by atoms with Crippen LogP contribution in [0.25, 0.3) is 0 Å². The molecule has 0 atom stereocenters. The molecule has 1 aromatic carbocycles. The normalized spacial score (nSPS) is 14.4. The molecule has 5 nitrogen and oxygen atoms in total. The van der Waals surface area contributed by atoms with E-state index in [1.54, 1.807) is 19.1 Å². The van der Waals surface area contributed by atoms with Crippen LogP contribution in [0.4, 0.5) is 5.69 Å². The second kappa shape index (κ2) is 5.94. The maximum atomic E-state index is 11.9. The Kier molecular flexibility index (Phi) is 4.27. The Balaban J connectivity index is 2.48. The molecule has 1 aromatic rings. The predicted molar refractivity (Wildman–Crippen MR) is 75.5 cm³/mol. The first-order valence-corrected chi connectivity index (χ1v) is 6.84. The van der Waals surface area contributed by atoms with E-state index in [1.807, 2.05) is 0 Å². The van der Waals surface area contributed by atoms with E-state index in [9.17, 15) is 14.7 Å². The van der Waals surface area contributed by atoms with Crippen molar-refractivity contribution in [1.29, 1.82) is 0 Å². The number of carbonyl (C=O) groups is 2. The summed E-state index contributed by atoms with van der Waals surface area (Å²) in [5.74, 6) is -1.17. The molecule has 0 aromatic heterocycles. The molecule has 0 bridgehead atoms. The van der Waals surface area contributed by atoms with Crippen molar-refractivity contribution >= 4 is 17.4 Å². The Labute approximate surface area is 118 Å². The largest absolute Gasteiger partial charge is 0.506 e. The Bertz CT molecular complexity index is 533. The first-order valence-electron chi connectivity index (χ1n) is 6.84. The molecule has 1 aliphatic rings. The number of esters is 1. The Morgan fingerprint density at radius 1 is 1.25 bits per heavy atom. The number of Topliss-reactive ketones (excluding diaryl/α,β-unsaturated/α-hetero) is 1. The number of phenols is 1. The molecular formula is C15H19NO4.